The monoisotopic (exact) mass is 295 g/mol. The minimum Gasteiger partial charge on any atom is -0.508 e. The fourth-order valence-electron chi connectivity index (χ4n) is 2.70. The number of hydrogen-bond donors (Lipinski definition) is 1. The summed E-state index contributed by atoms with van der Waals surface area (Å²) >= 11 is 0. The third-order valence-electron chi connectivity index (χ3n) is 3.62. The third-order valence-corrected chi connectivity index (χ3v) is 3.62. The normalized spacial score (nSPS) is 10.9. The molecule has 0 radical (unpaired) electrons. The van der Waals surface area contributed by atoms with Gasteiger partial charge >= 0.3 is 11.3 Å². The Morgan fingerprint density at radius 2 is 1.77 bits per heavy atom. The lowest BCUT2D eigenvalue weighted by molar-refractivity contribution is 0.342. The molecule has 0 amide bonds. The van der Waals surface area contributed by atoms with Crippen molar-refractivity contribution in [1.82, 2.24) is 0 Å². The average Bonchev–Trinajstić information content (AvgIpc) is 2.47. The lowest BCUT2D eigenvalue weighted by Gasteiger charge is -2.06. The number of ether oxygens (including phenoxy) is 1. The first-order valence-corrected chi connectivity index (χ1v) is 7.39. The van der Waals surface area contributed by atoms with Crippen LogP contribution in [-0.4, -0.2) is 11.7 Å². The number of phenolic OH excluding ortho intramolecular Hbond substituents is 1. The van der Waals surface area contributed by atoms with Crippen LogP contribution in [0.3, 0.4) is 0 Å². The molecule has 3 nitrogen and oxygen atoms in total. The number of aromatic hydroxyl groups is 1. The van der Waals surface area contributed by atoms with Gasteiger partial charge in [-0.2, -0.15) is 0 Å². The molecule has 0 aliphatic rings. The van der Waals surface area contributed by atoms with Crippen LogP contribution in [0.4, 0.5) is 0 Å². The van der Waals surface area contributed by atoms with E-state index >= 15 is 0 Å². The largest absolute Gasteiger partial charge is 0.508 e. The average molecular weight is 295 g/mol. The van der Waals surface area contributed by atoms with Crippen molar-refractivity contribution in [2.24, 2.45) is 0 Å². The van der Waals surface area contributed by atoms with Crippen molar-refractivity contribution in [3.63, 3.8) is 0 Å². The summed E-state index contributed by atoms with van der Waals surface area (Å²) in [5, 5.41) is 10.4. The molecule has 0 fully saturated rings. The van der Waals surface area contributed by atoms with E-state index in [1.165, 1.54) is 0 Å². The van der Waals surface area contributed by atoms with Crippen LogP contribution in [0.5, 0.6) is 11.5 Å². The molecule has 1 aromatic heterocycles. The zero-order chi connectivity index (χ0) is 15.7. The predicted molar refractivity (Wildman–Crippen MR) is 88.4 cm³/mol. The molecule has 22 heavy (non-hydrogen) atoms. The van der Waals surface area contributed by atoms with E-state index in [0.717, 1.165) is 39.2 Å². The van der Waals surface area contributed by atoms with Crippen molar-refractivity contribution in [3.05, 3.63) is 53.6 Å². The Labute approximate surface area is 129 Å². The van der Waals surface area contributed by atoms with Crippen molar-refractivity contribution in [3.8, 4) is 22.8 Å². The number of benzene rings is 2. The van der Waals surface area contributed by atoms with E-state index in [9.17, 15) is 5.11 Å². The van der Waals surface area contributed by atoms with Gasteiger partial charge in [0.05, 0.1) is 18.2 Å². The van der Waals surface area contributed by atoms with Gasteiger partial charge in [0.25, 0.3) is 0 Å². The molecule has 3 aromatic rings. The second-order valence-electron chi connectivity index (χ2n) is 5.41. The van der Waals surface area contributed by atoms with E-state index in [1.54, 1.807) is 12.1 Å². The standard InChI is InChI=1S/C19H18O3/c1-4-21-17-11-16(14-5-7-15(20)8-6-14)22-18-10-12(2)9-13(3)19(17)18/h5-11H,4H2,1-3H3/p+1. The molecule has 2 aromatic carbocycles. The molecule has 0 aliphatic carbocycles. The first kappa shape index (κ1) is 14.4. The summed E-state index contributed by atoms with van der Waals surface area (Å²) in [6.07, 6.45) is 0. The van der Waals surface area contributed by atoms with Crippen molar-refractivity contribution < 1.29 is 14.3 Å². The van der Waals surface area contributed by atoms with E-state index in [4.69, 9.17) is 9.15 Å². The van der Waals surface area contributed by atoms with Crippen LogP contribution in [0, 0.1) is 13.8 Å². The molecule has 1 heterocycles. The van der Waals surface area contributed by atoms with Gasteiger partial charge in [0.2, 0.25) is 0 Å². The van der Waals surface area contributed by atoms with E-state index in [2.05, 4.69) is 19.9 Å². The number of fused-ring (bicyclic) bond motifs is 1. The van der Waals surface area contributed by atoms with Gasteiger partial charge in [0.1, 0.15) is 16.9 Å². The first-order valence-electron chi connectivity index (χ1n) is 7.39. The van der Waals surface area contributed by atoms with Gasteiger partial charge < -0.3 is 9.84 Å². The maximum atomic E-state index is 9.43. The molecule has 0 bridgehead atoms. The van der Waals surface area contributed by atoms with Crippen LogP contribution in [0.2, 0.25) is 0 Å². The lowest BCUT2D eigenvalue weighted by atomic mass is 10.0. The van der Waals surface area contributed by atoms with E-state index in [1.807, 2.05) is 31.2 Å². The Morgan fingerprint density at radius 3 is 2.45 bits per heavy atom. The molecule has 0 aliphatic heterocycles. The molecule has 112 valence electrons. The fraction of sp³-hybridized carbons (Fsp3) is 0.211. The van der Waals surface area contributed by atoms with Gasteiger partial charge in [-0.15, -0.1) is 0 Å². The van der Waals surface area contributed by atoms with Gasteiger partial charge in [0.15, 0.2) is 0 Å². The van der Waals surface area contributed by atoms with Crippen LogP contribution in [0.15, 0.2) is 46.9 Å². The topological polar surface area (TPSA) is 40.8 Å². The zero-order valence-electron chi connectivity index (χ0n) is 13.0. The quantitative estimate of drug-likeness (QED) is 0.683. The van der Waals surface area contributed by atoms with Crippen LogP contribution < -0.4 is 4.74 Å². The number of hydrogen-bond acceptors (Lipinski definition) is 2. The van der Waals surface area contributed by atoms with E-state index in [-0.39, 0.29) is 5.75 Å². The van der Waals surface area contributed by atoms with Gasteiger partial charge in [-0.1, -0.05) is 6.07 Å². The van der Waals surface area contributed by atoms with E-state index < -0.39 is 0 Å². The van der Waals surface area contributed by atoms with Crippen molar-refractivity contribution >= 4 is 11.0 Å². The Balaban J connectivity index is 2.26. The maximum absolute atomic E-state index is 9.43. The Hall–Kier alpha value is -2.55. The molecule has 0 saturated heterocycles. The summed E-state index contributed by atoms with van der Waals surface area (Å²) in [7, 11) is 0. The maximum Gasteiger partial charge on any atom is 0.365 e. The first-order chi connectivity index (χ1) is 10.6. The van der Waals surface area contributed by atoms with Gasteiger partial charge in [0, 0.05) is 6.07 Å². The van der Waals surface area contributed by atoms with Crippen molar-refractivity contribution in [1.29, 1.82) is 0 Å². The molecule has 0 unspecified atom stereocenters. The second kappa shape index (κ2) is 5.68. The van der Waals surface area contributed by atoms with E-state index in [0.29, 0.717) is 6.61 Å². The van der Waals surface area contributed by atoms with Gasteiger partial charge in [-0.25, -0.2) is 4.42 Å². The highest BCUT2D eigenvalue weighted by Crippen LogP contribution is 2.35. The van der Waals surface area contributed by atoms with Crippen molar-refractivity contribution in [2.75, 3.05) is 6.61 Å². The molecule has 3 heteroatoms. The molecular formula is C19H19O3+. The summed E-state index contributed by atoms with van der Waals surface area (Å²) in [5.41, 5.74) is 4.00. The highest BCUT2D eigenvalue weighted by molar-refractivity contribution is 5.89. The van der Waals surface area contributed by atoms with Gasteiger partial charge in [-0.05, 0) is 56.2 Å². The number of aryl methyl sites for hydroxylation is 2. The lowest BCUT2D eigenvalue weighted by Crippen LogP contribution is -1.95. The third kappa shape index (κ3) is 2.62. The Kier molecular flexibility index (Phi) is 3.72. The molecule has 0 spiro atoms. The number of rotatable bonds is 3. The SMILES string of the molecule is CCOc1cc(-c2ccc(O)cc2)[o+]c2cc(C)cc(C)c12. The molecule has 1 N–H and O–H groups in total. The summed E-state index contributed by atoms with van der Waals surface area (Å²) in [6.45, 7) is 6.68. The molecule has 0 saturated carbocycles. The molecular weight excluding hydrogens is 276 g/mol. The molecule has 0 atom stereocenters. The molecule has 3 rings (SSSR count). The van der Waals surface area contributed by atoms with Crippen LogP contribution in [0.1, 0.15) is 18.1 Å². The smallest absolute Gasteiger partial charge is 0.365 e. The summed E-state index contributed by atoms with van der Waals surface area (Å²) in [4.78, 5) is 0. The minimum absolute atomic E-state index is 0.237. The summed E-state index contributed by atoms with van der Waals surface area (Å²) in [5.74, 6) is 1.78. The summed E-state index contributed by atoms with van der Waals surface area (Å²) < 4.78 is 11.9. The van der Waals surface area contributed by atoms with Crippen LogP contribution in [0.25, 0.3) is 22.3 Å². The number of phenols is 1. The summed E-state index contributed by atoms with van der Waals surface area (Å²) in [6, 6.07) is 13.0. The van der Waals surface area contributed by atoms with Crippen LogP contribution >= 0.6 is 0 Å². The minimum atomic E-state index is 0.237. The second-order valence-corrected chi connectivity index (χ2v) is 5.41. The van der Waals surface area contributed by atoms with Gasteiger partial charge in [-0.3, -0.25) is 0 Å². The highest BCUT2D eigenvalue weighted by atomic mass is 16.5. The highest BCUT2D eigenvalue weighted by Gasteiger charge is 2.21. The fourth-order valence-corrected chi connectivity index (χ4v) is 2.70. The Morgan fingerprint density at radius 1 is 1.05 bits per heavy atom. The Bertz CT molecular complexity index is 820. The van der Waals surface area contributed by atoms with Crippen molar-refractivity contribution in [2.45, 2.75) is 20.8 Å². The zero-order valence-corrected chi connectivity index (χ0v) is 13.0. The van der Waals surface area contributed by atoms with Crippen LogP contribution in [-0.2, 0) is 0 Å². The predicted octanol–water partition coefficient (Wildman–Crippen LogP) is 5.10.